The molecule has 0 aromatic rings. The molecule has 1 fully saturated rings. The van der Waals surface area contributed by atoms with Crippen LogP contribution in [0.25, 0.3) is 0 Å². The van der Waals surface area contributed by atoms with Gasteiger partial charge in [-0.1, -0.05) is 25.5 Å². The van der Waals surface area contributed by atoms with E-state index in [-0.39, 0.29) is 25.0 Å². The summed E-state index contributed by atoms with van der Waals surface area (Å²) in [6.45, 7) is 5.39. The molecule has 8 nitrogen and oxygen atoms in total. The van der Waals surface area contributed by atoms with Crippen LogP contribution in [0, 0.1) is 5.92 Å². The Labute approximate surface area is 178 Å². The van der Waals surface area contributed by atoms with Gasteiger partial charge in [0, 0.05) is 31.8 Å². The summed E-state index contributed by atoms with van der Waals surface area (Å²) in [5.41, 5.74) is 0.741. The molecule has 3 aliphatic rings. The van der Waals surface area contributed by atoms with Crippen LogP contribution in [0.1, 0.15) is 39.0 Å². The van der Waals surface area contributed by atoms with E-state index in [4.69, 9.17) is 4.74 Å². The van der Waals surface area contributed by atoms with E-state index >= 15 is 0 Å². The first-order valence-corrected chi connectivity index (χ1v) is 10.9. The number of carbonyl (C=O) groups excluding carboxylic acids is 3. The predicted molar refractivity (Wildman–Crippen MR) is 114 cm³/mol. The zero-order valence-electron chi connectivity index (χ0n) is 17.9. The molecule has 164 valence electrons. The standard InChI is InChI=1S/C22H32N4O4/c1-3-17-7-4-5-11-25(17)12-6-10-23-20(27)16-8-9-18-19(15-16)24-22(29)26(21(18)28)13-14-30-2/h8-9,15,17-18H,3-7,10-14H2,1-2H3,(H,23,27). The number of likely N-dealkylation sites (tertiary alicyclic amines) is 1. The molecule has 1 aliphatic carbocycles. The highest BCUT2D eigenvalue weighted by Gasteiger charge is 2.36. The molecule has 4 amide bonds. The highest BCUT2D eigenvalue weighted by Crippen LogP contribution is 2.22. The molecule has 2 atom stereocenters. The van der Waals surface area contributed by atoms with Crippen molar-refractivity contribution in [3.63, 3.8) is 0 Å². The summed E-state index contributed by atoms with van der Waals surface area (Å²) >= 11 is 0. The molecule has 0 spiro atoms. The Morgan fingerprint density at radius 1 is 1.30 bits per heavy atom. The van der Waals surface area contributed by atoms with Crippen LogP contribution in [0.15, 0.2) is 28.8 Å². The number of nitrogens with one attached hydrogen (secondary N) is 1. The van der Waals surface area contributed by atoms with Crippen LogP contribution in [0.2, 0.25) is 0 Å². The van der Waals surface area contributed by atoms with Crippen molar-refractivity contribution in [3.8, 4) is 0 Å². The van der Waals surface area contributed by atoms with Crippen LogP contribution in [0.3, 0.4) is 0 Å². The van der Waals surface area contributed by atoms with Crippen molar-refractivity contribution in [3.05, 3.63) is 23.8 Å². The van der Waals surface area contributed by atoms with Crippen LogP contribution < -0.4 is 5.32 Å². The van der Waals surface area contributed by atoms with Gasteiger partial charge in [0.15, 0.2) is 0 Å². The number of imide groups is 1. The Hall–Kier alpha value is -2.32. The summed E-state index contributed by atoms with van der Waals surface area (Å²) in [5, 5.41) is 2.94. The number of hydrogen-bond donors (Lipinski definition) is 1. The molecule has 30 heavy (non-hydrogen) atoms. The number of amides is 4. The number of carbonyl (C=O) groups is 3. The van der Waals surface area contributed by atoms with Crippen LogP contribution in [-0.2, 0) is 14.3 Å². The van der Waals surface area contributed by atoms with Crippen molar-refractivity contribution in [2.45, 2.75) is 45.1 Å². The molecule has 0 aromatic heterocycles. The molecule has 2 heterocycles. The Morgan fingerprint density at radius 2 is 2.13 bits per heavy atom. The van der Waals surface area contributed by atoms with Gasteiger partial charge < -0.3 is 15.0 Å². The van der Waals surface area contributed by atoms with E-state index in [1.807, 2.05) is 0 Å². The Balaban J connectivity index is 1.51. The molecular formula is C22H32N4O4. The first kappa shape index (κ1) is 22.4. The third-order valence-corrected chi connectivity index (χ3v) is 5.99. The molecule has 0 bridgehead atoms. The van der Waals surface area contributed by atoms with E-state index in [1.54, 1.807) is 18.2 Å². The zero-order valence-corrected chi connectivity index (χ0v) is 17.9. The second kappa shape index (κ2) is 10.6. The number of rotatable bonds is 9. The topological polar surface area (TPSA) is 91.3 Å². The second-order valence-corrected chi connectivity index (χ2v) is 7.94. The van der Waals surface area contributed by atoms with Gasteiger partial charge in [0.05, 0.1) is 24.8 Å². The summed E-state index contributed by atoms with van der Waals surface area (Å²) in [6, 6.07) is 0.0554. The number of nitrogens with zero attached hydrogens (tertiary/aromatic N) is 3. The van der Waals surface area contributed by atoms with Crippen molar-refractivity contribution in [2.24, 2.45) is 10.9 Å². The van der Waals surface area contributed by atoms with Gasteiger partial charge in [-0.25, -0.2) is 4.79 Å². The fourth-order valence-corrected chi connectivity index (χ4v) is 4.27. The third kappa shape index (κ3) is 5.23. The Kier molecular flexibility index (Phi) is 7.93. The summed E-state index contributed by atoms with van der Waals surface area (Å²) in [4.78, 5) is 44.9. The largest absolute Gasteiger partial charge is 0.383 e. The van der Waals surface area contributed by atoms with E-state index in [9.17, 15) is 14.4 Å². The molecule has 2 unspecified atom stereocenters. The lowest BCUT2D eigenvalue weighted by molar-refractivity contribution is -0.130. The summed E-state index contributed by atoms with van der Waals surface area (Å²) in [7, 11) is 1.51. The van der Waals surface area contributed by atoms with Crippen LogP contribution in [0.5, 0.6) is 0 Å². The molecular weight excluding hydrogens is 384 g/mol. The number of hydrogen-bond acceptors (Lipinski definition) is 5. The minimum Gasteiger partial charge on any atom is -0.383 e. The molecule has 0 radical (unpaired) electrons. The molecule has 3 rings (SSSR count). The normalized spacial score (nSPS) is 24.4. The number of aliphatic imine (C=N–C) groups is 1. The maximum Gasteiger partial charge on any atom is 0.350 e. The van der Waals surface area contributed by atoms with E-state index in [1.165, 1.54) is 32.8 Å². The average Bonchev–Trinajstić information content (AvgIpc) is 2.76. The monoisotopic (exact) mass is 416 g/mol. The van der Waals surface area contributed by atoms with Gasteiger partial charge in [0.2, 0.25) is 5.91 Å². The van der Waals surface area contributed by atoms with Gasteiger partial charge in [0.25, 0.3) is 5.91 Å². The van der Waals surface area contributed by atoms with Crippen molar-refractivity contribution < 1.29 is 19.1 Å². The van der Waals surface area contributed by atoms with Gasteiger partial charge >= 0.3 is 6.03 Å². The van der Waals surface area contributed by atoms with Crippen LogP contribution in [0.4, 0.5) is 4.79 Å². The second-order valence-electron chi connectivity index (χ2n) is 7.94. The Morgan fingerprint density at radius 3 is 2.90 bits per heavy atom. The fraction of sp³-hybridized carbons (Fsp3) is 0.636. The van der Waals surface area contributed by atoms with E-state index < -0.39 is 11.9 Å². The van der Waals surface area contributed by atoms with Crippen molar-refractivity contribution in [2.75, 3.05) is 39.9 Å². The number of fused-ring (bicyclic) bond motifs is 1. The van der Waals surface area contributed by atoms with Crippen LogP contribution in [-0.4, -0.2) is 79.3 Å². The quantitative estimate of drug-likeness (QED) is 0.580. The van der Waals surface area contributed by atoms with Crippen molar-refractivity contribution in [1.29, 1.82) is 0 Å². The highest BCUT2D eigenvalue weighted by molar-refractivity contribution is 6.23. The average molecular weight is 417 g/mol. The lowest BCUT2D eigenvalue weighted by atomic mass is 9.91. The van der Waals surface area contributed by atoms with E-state index in [2.05, 4.69) is 22.1 Å². The van der Waals surface area contributed by atoms with E-state index in [0.29, 0.717) is 23.9 Å². The maximum absolute atomic E-state index is 12.5. The third-order valence-electron chi connectivity index (χ3n) is 5.99. The molecule has 8 heteroatoms. The molecule has 2 aliphatic heterocycles. The SMILES string of the molecule is CCC1CCCCN1CCCNC(=O)C1=CC2=NC(=O)N(CCOC)C(=O)C2C=C1. The number of urea groups is 1. The fourth-order valence-electron chi connectivity index (χ4n) is 4.27. The van der Waals surface area contributed by atoms with Crippen molar-refractivity contribution >= 4 is 23.6 Å². The number of ether oxygens (including phenoxy) is 1. The first-order valence-electron chi connectivity index (χ1n) is 10.9. The van der Waals surface area contributed by atoms with Crippen LogP contribution >= 0.6 is 0 Å². The molecule has 0 saturated carbocycles. The number of methoxy groups -OCH3 is 1. The summed E-state index contributed by atoms with van der Waals surface area (Å²) < 4.78 is 4.94. The van der Waals surface area contributed by atoms with Gasteiger partial charge in [-0.05, 0) is 38.3 Å². The van der Waals surface area contributed by atoms with Gasteiger partial charge in [-0.2, -0.15) is 4.99 Å². The van der Waals surface area contributed by atoms with Gasteiger partial charge in [-0.15, -0.1) is 0 Å². The number of allylic oxidation sites excluding steroid dienone is 1. The number of piperidine rings is 1. The first-order chi connectivity index (χ1) is 14.5. The molecule has 1 N–H and O–H groups in total. The van der Waals surface area contributed by atoms with Crippen molar-refractivity contribution in [1.82, 2.24) is 15.1 Å². The lowest BCUT2D eigenvalue weighted by Crippen LogP contribution is -2.47. The summed E-state index contributed by atoms with van der Waals surface area (Å²) in [5.74, 6) is -1.16. The predicted octanol–water partition coefficient (Wildman–Crippen LogP) is 1.92. The smallest absolute Gasteiger partial charge is 0.350 e. The van der Waals surface area contributed by atoms with Gasteiger partial charge in [0.1, 0.15) is 0 Å². The highest BCUT2D eigenvalue weighted by atomic mass is 16.5. The molecule has 1 saturated heterocycles. The summed E-state index contributed by atoms with van der Waals surface area (Å²) in [6.07, 6.45) is 10.7. The zero-order chi connectivity index (χ0) is 21.5. The molecule has 0 aromatic carbocycles. The minimum absolute atomic E-state index is 0.169. The lowest BCUT2D eigenvalue weighted by Gasteiger charge is -2.35. The van der Waals surface area contributed by atoms with E-state index in [0.717, 1.165) is 24.4 Å². The van der Waals surface area contributed by atoms with Gasteiger partial charge in [-0.3, -0.25) is 14.5 Å². The minimum atomic E-state index is -0.624. The Bertz CT molecular complexity index is 758. The maximum atomic E-state index is 12.5.